The number of carbonyl (C=O) groups excluding carboxylic acids is 2. The van der Waals surface area contributed by atoms with Gasteiger partial charge in [0.1, 0.15) is 0 Å². The van der Waals surface area contributed by atoms with E-state index in [1.807, 2.05) is 30.3 Å². The fourth-order valence-corrected chi connectivity index (χ4v) is 2.28. The fraction of sp³-hybridized carbons (Fsp3) is 0.316. The molecule has 0 radical (unpaired) electrons. The summed E-state index contributed by atoms with van der Waals surface area (Å²) in [6.07, 6.45) is 4.39. The van der Waals surface area contributed by atoms with E-state index in [-0.39, 0.29) is 11.8 Å². The highest BCUT2D eigenvalue weighted by Crippen LogP contribution is 2.04. The highest BCUT2D eigenvalue weighted by molar-refractivity contribution is 5.99. The lowest BCUT2D eigenvalue weighted by molar-refractivity contribution is 0.0948. The minimum Gasteiger partial charge on any atom is -0.385 e. The van der Waals surface area contributed by atoms with Crippen LogP contribution in [0.2, 0.25) is 0 Å². The van der Waals surface area contributed by atoms with Crippen molar-refractivity contribution in [3.05, 3.63) is 65.5 Å². The molecule has 6 nitrogen and oxygen atoms in total. The molecule has 0 atom stereocenters. The molecule has 132 valence electrons. The maximum atomic E-state index is 12.2. The van der Waals surface area contributed by atoms with Gasteiger partial charge in [0.25, 0.3) is 11.8 Å². The van der Waals surface area contributed by atoms with E-state index < -0.39 is 0 Å². The van der Waals surface area contributed by atoms with Crippen molar-refractivity contribution in [3.8, 4) is 0 Å². The number of benzene rings is 1. The minimum atomic E-state index is -0.248. The third kappa shape index (κ3) is 6.35. The third-order valence-corrected chi connectivity index (χ3v) is 3.62. The molecule has 0 aliphatic rings. The number of aromatic nitrogens is 1. The number of pyridine rings is 1. The number of amides is 2. The normalized spacial score (nSPS) is 10.3. The van der Waals surface area contributed by atoms with E-state index in [9.17, 15) is 9.59 Å². The summed E-state index contributed by atoms with van der Waals surface area (Å²) < 4.78 is 4.93. The van der Waals surface area contributed by atoms with Gasteiger partial charge in [-0.2, -0.15) is 0 Å². The maximum Gasteiger partial charge on any atom is 0.252 e. The van der Waals surface area contributed by atoms with Crippen LogP contribution in [0.5, 0.6) is 0 Å². The molecule has 1 aromatic heterocycles. The summed E-state index contributed by atoms with van der Waals surface area (Å²) in [6, 6.07) is 11.5. The molecule has 0 unspecified atom stereocenters. The van der Waals surface area contributed by atoms with Gasteiger partial charge in [0.05, 0.1) is 11.1 Å². The van der Waals surface area contributed by atoms with Crippen molar-refractivity contribution in [2.24, 2.45) is 0 Å². The van der Waals surface area contributed by atoms with Crippen molar-refractivity contribution in [2.45, 2.75) is 12.8 Å². The van der Waals surface area contributed by atoms with Crippen LogP contribution in [-0.2, 0) is 11.2 Å². The van der Waals surface area contributed by atoms with E-state index >= 15 is 0 Å². The topological polar surface area (TPSA) is 80.3 Å². The van der Waals surface area contributed by atoms with Crippen molar-refractivity contribution < 1.29 is 14.3 Å². The predicted octanol–water partition coefficient (Wildman–Crippen LogP) is 1.82. The summed E-state index contributed by atoms with van der Waals surface area (Å²) in [7, 11) is 1.62. The lowest BCUT2D eigenvalue weighted by Crippen LogP contribution is -2.28. The first kappa shape index (κ1) is 18.6. The van der Waals surface area contributed by atoms with Crippen molar-refractivity contribution in [1.29, 1.82) is 0 Å². The van der Waals surface area contributed by atoms with E-state index in [1.54, 1.807) is 13.2 Å². The second-order valence-corrected chi connectivity index (χ2v) is 5.56. The molecule has 2 aromatic rings. The summed E-state index contributed by atoms with van der Waals surface area (Å²) >= 11 is 0. The van der Waals surface area contributed by atoms with Crippen LogP contribution in [0, 0.1) is 0 Å². The zero-order valence-electron chi connectivity index (χ0n) is 14.3. The highest BCUT2D eigenvalue weighted by atomic mass is 16.5. The van der Waals surface area contributed by atoms with Gasteiger partial charge in [-0.3, -0.25) is 14.6 Å². The number of rotatable bonds is 9. The minimum absolute atomic E-state index is 0.238. The quantitative estimate of drug-likeness (QED) is 0.682. The van der Waals surface area contributed by atoms with Crippen LogP contribution in [0.25, 0.3) is 0 Å². The first-order chi connectivity index (χ1) is 12.2. The Morgan fingerprint density at radius 2 is 1.64 bits per heavy atom. The number of carbonyl (C=O) groups is 2. The molecular formula is C19H23N3O3. The van der Waals surface area contributed by atoms with Crippen molar-refractivity contribution >= 4 is 11.8 Å². The Balaban J connectivity index is 1.84. The van der Waals surface area contributed by atoms with Gasteiger partial charge in [-0.1, -0.05) is 30.3 Å². The second-order valence-electron chi connectivity index (χ2n) is 5.56. The Morgan fingerprint density at radius 3 is 2.28 bits per heavy atom. The first-order valence-electron chi connectivity index (χ1n) is 8.25. The monoisotopic (exact) mass is 341 g/mol. The Kier molecular flexibility index (Phi) is 7.59. The van der Waals surface area contributed by atoms with Crippen molar-refractivity contribution in [2.75, 3.05) is 26.8 Å². The van der Waals surface area contributed by atoms with Crippen molar-refractivity contribution in [3.63, 3.8) is 0 Å². The predicted molar refractivity (Wildman–Crippen MR) is 95.5 cm³/mol. The molecule has 0 bridgehead atoms. The van der Waals surface area contributed by atoms with Gasteiger partial charge in [-0.25, -0.2) is 0 Å². The fourth-order valence-electron chi connectivity index (χ4n) is 2.28. The standard InChI is InChI=1S/C19H23N3O3/c1-25-11-5-9-21-18(23)16-12-17(14-20-13-16)19(24)22-10-8-15-6-3-2-4-7-15/h2-4,6-7,12-14H,5,8-11H2,1H3,(H,21,23)(H,22,24). The number of nitrogens with one attached hydrogen (secondary N) is 2. The van der Waals surface area contributed by atoms with E-state index in [0.29, 0.717) is 30.8 Å². The molecule has 0 aliphatic carbocycles. The van der Waals surface area contributed by atoms with Gasteiger partial charge in [0, 0.05) is 39.2 Å². The average Bonchev–Trinajstić information content (AvgIpc) is 2.66. The number of nitrogens with zero attached hydrogens (tertiary/aromatic N) is 1. The molecular weight excluding hydrogens is 318 g/mol. The van der Waals surface area contributed by atoms with Gasteiger partial charge in [0.15, 0.2) is 0 Å². The van der Waals surface area contributed by atoms with Crippen LogP contribution < -0.4 is 10.6 Å². The molecule has 1 aromatic carbocycles. The van der Waals surface area contributed by atoms with Gasteiger partial charge >= 0.3 is 0 Å². The number of methoxy groups -OCH3 is 1. The summed E-state index contributed by atoms with van der Waals surface area (Å²) in [5, 5.41) is 5.62. The first-order valence-corrected chi connectivity index (χ1v) is 8.25. The highest BCUT2D eigenvalue weighted by Gasteiger charge is 2.11. The molecule has 1 heterocycles. The zero-order valence-corrected chi connectivity index (χ0v) is 14.3. The largest absolute Gasteiger partial charge is 0.385 e. The summed E-state index contributed by atoms with van der Waals surface area (Å²) in [6.45, 7) is 1.62. The Labute approximate surface area is 147 Å². The van der Waals surface area contributed by atoms with Crippen LogP contribution in [0.1, 0.15) is 32.7 Å². The Hall–Kier alpha value is -2.73. The number of hydrogen-bond acceptors (Lipinski definition) is 4. The number of hydrogen-bond donors (Lipinski definition) is 2. The van der Waals surface area contributed by atoms with Crippen LogP contribution >= 0.6 is 0 Å². The number of ether oxygens (including phenoxy) is 1. The Bertz CT molecular complexity index is 689. The molecule has 6 heteroatoms. The second kappa shape index (κ2) is 10.2. The maximum absolute atomic E-state index is 12.2. The van der Waals surface area contributed by atoms with Gasteiger partial charge in [-0.15, -0.1) is 0 Å². The van der Waals surface area contributed by atoms with E-state index in [1.165, 1.54) is 12.4 Å². The average molecular weight is 341 g/mol. The molecule has 0 spiro atoms. The molecule has 0 saturated heterocycles. The summed E-state index contributed by atoms with van der Waals surface area (Å²) in [5.41, 5.74) is 1.90. The van der Waals surface area contributed by atoms with E-state index in [0.717, 1.165) is 18.4 Å². The lowest BCUT2D eigenvalue weighted by atomic mass is 10.1. The van der Waals surface area contributed by atoms with Gasteiger partial charge < -0.3 is 15.4 Å². The Morgan fingerprint density at radius 1 is 1.00 bits per heavy atom. The van der Waals surface area contributed by atoms with Crippen LogP contribution in [-0.4, -0.2) is 43.6 Å². The molecule has 0 aliphatic heterocycles. The summed E-state index contributed by atoms with van der Waals surface area (Å²) in [4.78, 5) is 28.3. The zero-order chi connectivity index (χ0) is 17.9. The lowest BCUT2D eigenvalue weighted by Gasteiger charge is -2.08. The molecule has 25 heavy (non-hydrogen) atoms. The molecule has 0 fully saturated rings. The summed E-state index contributed by atoms with van der Waals surface area (Å²) in [5.74, 6) is -0.486. The molecule has 2 rings (SSSR count). The van der Waals surface area contributed by atoms with Gasteiger partial charge in [-0.05, 0) is 24.5 Å². The molecule has 2 N–H and O–H groups in total. The van der Waals surface area contributed by atoms with Crippen LogP contribution in [0.4, 0.5) is 0 Å². The van der Waals surface area contributed by atoms with Crippen molar-refractivity contribution in [1.82, 2.24) is 15.6 Å². The third-order valence-electron chi connectivity index (χ3n) is 3.62. The van der Waals surface area contributed by atoms with E-state index in [2.05, 4.69) is 15.6 Å². The van der Waals surface area contributed by atoms with E-state index in [4.69, 9.17) is 4.74 Å². The SMILES string of the molecule is COCCCNC(=O)c1cncc(C(=O)NCCc2ccccc2)c1. The smallest absolute Gasteiger partial charge is 0.252 e. The molecule has 0 saturated carbocycles. The molecule has 2 amide bonds. The van der Waals surface area contributed by atoms with Crippen LogP contribution in [0.15, 0.2) is 48.8 Å². The van der Waals surface area contributed by atoms with Crippen LogP contribution in [0.3, 0.4) is 0 Å². The van der Waals surface area contributed by atoms with Gasteiger partial charge in [0.2, 0.25) is 0 Å².